The lowest BCUT2D eigenvalue weighted by Crippen LogP contribution is -2.59. The fourth-order valence-corrected chi connectivity index (χ4v) is 3.67. The normalized spacial score (nSPS) is 20.5. The molecule has 11 heteroatoms. The number of amides is 3. The Morgan fingerprint density at radius 3 is 2.06 bits per heavy atom. The number of carboxylic acids is 2. The van der Waals surface area contributed by atoms with Crippen molar-refractivity contribution in [3.05, 3.63) is 0 Å². The lowest BCUT2D eigenvalue weighted by atomic mass is 9.95. The molecule has 32 heavy (non-hydrogen) atoms. The lowest BCUT2D eigenvalue weighted by molar-refractivity contribution is -0.145. The number of nitrogens with zero attached hydrogens (tertiary/aromatic N) is 1. The average Bonchev–Trinajstić information content (AvgIpc) is 3.22. The highest BCUT2D eigenvalue weighted by atomic mass is 16.4. The molecule has 1 saturated heterocycles. The van der Waals surface area contributed by atoms with Crippen LogP contribution >= 0.6 is 0 Å². The highest BCUT2D eigenvalue weighted by Crippen LogP contribution is 2.20. The molecule has 0 aromatic rings. The van der Waals surface area contributed by atoms with Crippen LogP contribution in [0, 0.1) is 11.8 Å². The molecule has 0 saturated carbocycles. The summed E-state index contributed by atoms with van der Waals surface area (Å²) >= 11 is 0. The van der Waals surface area contributed by atoms with Gasteiger partial charge >= 0.3 is 11.9 Å². The van der Waals surface area contributed by atoms with Crippen LogP contribution < -0.4 is 16.4 Å². The highest BCUT2D eigenvalue weighted by molar-refractivity contribution is 5.95. The molecule has 1 rings (SSSR count). The minimum atomic E-state index is -1.26. The molecule has 0 bridgehead atoms. The Morgan fingerprint density at radius 1 is 1.00 bits per heavy atom. The van der Waals surface area contributed by atoms with Crippen molar-refractivity contribution in [3.8, 4) is 0 Å². The summed E-state index contributed by atoms with van der Waals surface area (Å²) in [6.45, 7) is 7.42. The van der Waals surface area contributed by atoms with Crippen LogP contribution in [0.4, 0.5) is 0 Å². The zero-order valence-electron chi connectivity index (χ0n) is 19.2. The van der Waals surface area contributed by atoms with E-state index in [9.17, 15) is 29.1 Å². The molecule has 11 nitrogen and oxygen atoms in total. The van der Waals surface area contributed by atoms with Crippen molar-refractivity contribution in [2.45, 2.75) is 84.0 Å². The number of carbonyl (C=O) groups is 5. The molecule has 0 aliphatic carbocycles. The molecule has 6 unspecified atom stereocenters. The van der Waals surface area contributed by atoms with E-state index in [1.165, 1.54) is 4.90 Å². The number of likely N-dealkylation sites (tertiary alicyclic amines) is 1. The third kappa shape index (κ3) is 7.18. The molecular formula is C21H36N4O7. The van der Waals surface area contributed by atoms with E-state index in [4.69, 9.17) is 10.8 Å². The molecule has 1 aliphatic heterocycles. The molecular weight excluding hydrogens is 420 g/mol. The minimum Gasteiger partial charge on any atom is -0.481 e. The minimum absolute atomic E-state index is 0.263. The van der Waals surface area contributed by atoms with Crippen molar-refractivity contribution in [2.24, 2.45) is 17.6 Å². The highest BCUT2D eigenvalue weighted by Gasteiger charge is 2.39. The third-order valence-electron chi connectivity index (χ3n) is 6.12. The number of nitrogens with one attached hydrogen (secondary N) is 2. The maximum Gasteiger partial charge on any atom is 0.326 e. The predicted octanol–water partition coefficient (Wildman–Crippen LogP) is -0.0742. The molecule has 1 heterocycles. The standard InChI is InChI=1S/C21H36N4O7/c1-5-11(3)16(19(29)24-17(21(31)32)12(4)6-2)23-18(28)14-8-7-9-25(14)20(30)13(22)10-15(26)27/h11-14,16-17H,5-10,22H2,1-4H3,(H,23,28)(H,24,29)(H,26,27)(H,31,32). The van der Waals surface area contributed by atoms with E-state index in [-0.39, 0.29) is 18.4 Å². The van der Waals surface area contributed by atoms with Crippen LogP contribution in [0.1, 0.15) is 59.8 Å². The largest absolute Gasteiger partial charge is 0.481 e. The number of carbonyl (C=O) groups excluding carboxylic acids is 3. The Bertz CT molecular complexity index is 714. The topological polar surface area (TPSA) is 179 Å². The number of rotatable bonds is 12. The van der Waals surface area contributed by atoms with Crippen LogP contribution in [0.25, 0.3) is 0 Å². The average molecular weight is 457 g/mol. The monoisotopic (exact) mass is 456 g/mol. The molecule has 3 amide bonds. The van der Waals surface area contributed by atoms with E-state index >= 15 is 0 Å². The van der Waals surface area contributed by atoms with Crippen molar-refractivity contribution >= 4 is 29.7 Å². The van der Waals surface area contributed by atoms with Crippen LogP contribution in [-0.4, -0.2) is 75.5 Å². The first-order valence-electron chi connectivity index (χ1n) is 11.1. The van der Waals surface area contributed by atoms with E-state index in [1.54, 1.807) is 13.8 Å². The van der Waals surface area contributed by atoms with Gasteiger partial charge in [-0.15, -0.1) is 0 Å². The fourth-order valence-electron chi connectivity index (χ4n) is 3.67. The maximum absolute atomic E-state index is 13.0. The van der Waals surface area contributed by atoms with Gasteiger partial charge in [0, 0.05) is 6.54 Å². The molecule has 0 aromatic heterocycles. The smallest absolute Gasteiger partial charge is 0.326 e. The Kier molecular flexibility index (Phi) is 10.6. The first-order chi connectivity index (χ1) is 14.9. The molecule has 6 atom stereocenters. The van der Waals surface area contributed by atoms with Gasteiger partial charge in [-0.1, -0.05) is 40.5 Å². The summed E-state index contributed by atoms with van der Waals surface area (Å²) in [7, 11) is 0. The third-order valence-corrected chi connectivity index (χ3v) is 6.12. The number of hydrogen-bond acceptors (Lipinski definition) is 6. The van der Waals surface area contributed by atoms with Gasteiger partial charge in [0.25, 0.3) is 0 Å². The summed E-state index contributed by atoms with van der Waals surface area (Å²) in [5, 5.41) is 23.5. The molecule has 182 valence electrons. The summed E-state index contributed by atoms with van der Waals surface area (Å²) in [5.41, 5.74) is 5.68. The second kappa shape index (κ2) is 12.4. The van der Waals surface area contributed by atoms with Gasteiger partial charge < -0.3 is 31.5 Å². The molecule has 1 fully saturated rings. The van der Waals surface area contributed by atoms with Crippen LogP contribution in [-0.2, 0) is 24.0 Å². The fraction of sp³-hybridized carbons (Fsp3) is 0.762. The van der Waals surface area contributed by atoms with Crippen molar-refractivity contribution < 1.29 is 34.2 Å². The summed E-state index contributed by atoms with van der Waals surface area (Å²) in [6, 6.07) is -4.20. The van der Waals surface area contributed by atoms with E-state index in [0.717, 1.165) is 0 Å². The van der Waals surface area contributed by atoms with Crippen LogP contribution in [0.15, 0.2) is 0 Å². The molecule has 6 N–H and O–H groups in total. The van der Waals surface area contributed by atoms with Gasteiger partial charge in [0.05, 0.1) is 12.5 Å². The Morgan fingerprint density at radius 2 is 1.56 bits per heavy atom. The molecule has 0 aromatic carbocycles. The van der Waals surface area contributed by atoms with Crippen molar-refractivity contribution in [1.82, 2.24) is 15.5 Å². The van der Waals surface area contributed by atoms with Gasteiger partial charge in [-0.2, -0.15) is 0 Å². The maximum atomic E-state index is 13.0. The second-order valence-corrected chi connectivity index (χ2v) is 8.48. The van der Waals surface area contributed by atoms with Crippen molar-refractivity contribution in [2.75, 3.05) is 6.54 Å². The Balaban J connectivity index is 2.97. The molecule has 1 aliphatic rings. The molecule has 0 spiro atoms. The summed E-state index contributed by atoms with van der Waals surface area (Å²) in [5.74, 6) is -4.73. The van der Waals surface area contributed by atoms with Gasteiger partial charge in [-0.25, -0.2) is 4.79 Å². The van der Waals surface area contributed by atoms with Crippen molar-refractivity contribution in [3.63, 3.8) is 0 Å². The second-order valence-electron chi connectivity index (χ2n) is 8.48. The number of carboxylic acid groups (broad SMARTS) is 2. The van der Waals surface area contributed by atoms with E-state index in [1.807, 2.05) is 13.8 Å². The SMILES string of the molecule is CCC(C)C(NC(=O)C(NC(=O)C1CCCN1C(=O)C(N)CC(=O)O)C(C)CC)C(=O)O. The van der Waals surface area contributed by atoms with Gasteiger partial charge in [0.1, 0.15) is 18.1 Å². The van der Waals surface area contributed by atoms with Crippen LogP contribution in [0.3, 0.4) is 0 Å². The quantitative estimate of drug-likeness (QED) is 0.270. The van der Waals surface area contributed by atoms with Gasteiger partial charge in [0.15, 0.2) is 0 Å². The van der Waals surface area contributed by atoms with Gasteiger partial charge in [0.2, 0.25) is 17.7 Å². The van der Waals surface area contributed by atoms with Gasteiger partial charge in [-0.05, 0) is 24.7 Å². The summed E-state index contributed by atoms with van der Waals surface area (Å²) < 4.78 is 0. The van der Waals surface area contributed by atoms with Gasteiger partial charge in [-0.3, -0.25) is 19.2 Å². The van der Waals surface area contributed by atoms with E-state index in [2.05, 4.69) is 10.6 Å². The first kappa shape index (κ1) is 27.3. The number of aliphatic carboxylic acids is 2. The Hall–Kier alpha value is -2.69. The Labute approximate surface area is 188 Å². The number of hydrogen-bond donors (Lipinski definition) is 5. The zero-order chi connectivity index (χ0) is 24.6. The van der Waals surface area contributed by atoms with E-state index < -0.39 is 60.2 Å². The predicted molar refractivity (Wildman–Crippen MR) is 115 cm³/mol. The summed E-state index contributed by atoms with van der Waals surface area (Å²) in [4.78, 5) is 62.2. The summed E-state index contributed by atoms with van der Waals surface area (Å²) in [6.07, 6.45) is 1.45. The molecule has 0 radical (unpaired) electrons. The van der Waals surface area contributed by atoms with Crippen LogP contribution in [0.5, 0.6) is 0 Å². The number of nitrogens with two attached hydrogens (primary N) is 1. The zero-order valence-corrected chi connectivity index (χ0v) is 19.2. The van der Waals surface area contributed by atoms with Crippen LogP contribution in [0.2, 0.25) is 0 Å². The van der Waals surface area contributed by atoms with E-state index in [0.29, 0.717) is 25.7 Å². The first-order valence-corrected chi connectivity index (χ1v) is 11.1. The lowest BCUT2D eigenvalue weighted by Gasteiger charge is -2.30. The van der Waals surface area contributed by atoms with Crippen molar-refractivity contribution in [1.29, 1.82) is 0 Å².